The molecule has 0 saturated heterocycles. The number of amides is 1. The van der Waals surface area contributed by atoms with Gasteiger partial charge in [-0.3, -0.25) is 4.79 Å². The van der Waals surface area contributed by atoms with Crippen molar-refractivity contribution in [3.8, 4) is 0 Å². The summed E-state index contributed by atoms with van der Waals surface area (Å²) in [7, 11) is 0. The van der Waals surface area contributed by atoms with Crippen LogP contribution < -0.4 is 5.32 Å². The van der Waals surface area contributed by atoms with E-state index >= 15 is 0 Å². The van der Waals surface area contributed by atoms with Crippen molar-refractivity contribution in [3.63, 3.8) is 0 Å². The average Bonchev–Trinajstić information content (AvgIpc) is 2.98. The van der Waals surface area contributed by atoms with Crippen LogP contribution in [-0.2, 0) is 11.2 Å². The summed E-state index contributed by atoms with van der Waals surface area (Å²) < 4.78 is 0. The van der Waals surface area contributed by atoms with Crippen LogP contribution in [0.4, 0.5) is 0 Å². The molecule has 2 unspecified atom stereocenters. The molecule has 1 aromatic carbocycles. The summed E-state index contributed by atoms with van der Waals surface area (Å²) in [5.74, 6) is 0.103. The summed E-state index contributed by atoms with van der Waals surface area (Å²) in [5.41, 5.74) is 2.20. The highest BCUT2D eigenvalue weighted by Gasteiger charge is 2.33. The Kier molecular flexibility index (Phi) is 2.92. The van der Waals surface area contributed by atoms with Crippen molar-refractivity contribution < 1.29 is 9.90 Å². The van der Waals surface area contributed by atoms with Gasteiger partial charge in [-0.25, -0.2) is 0 Å². The van der Waals surface area contributed by atoms with Gasteiger partial charge in [-0.15, -0.1) is 0 Å². The Balaban J connectivity index is 1.74. The van der Waals surface area contributed by atoms with Gasteiger partial charge in [0.2, 0.25) is 5.91 Å². The zero-order chi connectivity index (χ0) is 12.5. The van der Waals surface area contributed by atoms with E-state index in [9.17, 15) is 9.90 Å². The normalized spacial score (nSPS) is 26.3. The lowest BCUT2D eigenvalue weighted by atomic mass is 10.0. The number of carbonyl (C=O) groups excluding carboxylic acids is 1. The largest absolute Gasteiger partial charge is 0.390 e. The van der Waals surface area contributed by atoms with Gasteiger partial charge in [-0.1, -0.05) is 36.4 Å². The number of nitrogens with one attached hydrogen (secondary N) is 1. The Hall–Kier alpha value is -1.61. The second-order valence-corrected chi connectivity index (χ2v) is 5.10. The predicted molar refractivity (Wildman–Crippen MR) is 68.9 cm³/mol. The van der Waals surface area contributed by atoms with Crippen molar-refractivity contribution in [2.45, 2.75) is 31.4 Å². The fraction of sp³-hybridized carbons (Fsp3) is 0.400. The van der Waals surface area contributed by atoms with Gasteiger partial charge in [-0.2, -0.15) is 0 Å². The van der Waals surface area contributed by atoms with Crippen LogP contribution in [0.25, 0.3) is 0 Å². The molecular weight excluding hydrogens is 226 g/mol. The number of aliphatic hydroxyl groups is 1. The van der Waals surface area contributed by atoms with Crippen molar-refractivity contribution in [2.24, 2.45) is 5.92 Å². The molecule has 0 spiro atoms. The highest BCUT2D eigenvalue weighted by Crippen LogP contribution is 2.32. The molecule has 18 heavy (non-hydrogen) atoms. The number of fused-ring (bicyclic) bond motifs is 1. The first-order valence-corrected chi connectivity index (χ1v) is 6.47. The maximum absolute atomic E-state index is 12.1. The molecule has 1 amide bonds. The van der Waals surface area contributed by atoms with E-state index in [1.807, 2.05) is 36.4 Å². The lowest BCUT2D eigenvalue weighted by Crippen LogP contribution is -2.37. The van der Waals surface area contributed by atoms with E-state index < -0.39 is 6.10 Å². The number of allylic oxidation sites excluding steroid dienone is 2. The molecule has 0 saturated carbocycles. The minimum Gasteiger partial charge on any atom is -0.390 e. The molecule has 1 aromatic rings. The minimum atomic E-state index is -0.499. The Bertz CT molecular complexity index is 487. The Morgan fingerprint density at radius 2 is 1.94 bits per heavy atom. The van der Waals surface area contributed by atoms with Gasteiger partial charge in [0.15, 0.2) is 0 Å². The quantitative estimate of drug-likeness (QED) is 0.777. The Morgan fingerprint density at radius 3 is 2.72 bits per heavy atom. The minimum absolute atomic E-state index is 0.0463. The number of aliphatic hydroxyl groups excluding tert-OH is 1. The van der Waals surface area contributed by atoms with E-state index in [-0.39, 0.29) is 17.9 Å². The number of hydrogen-bond acceptors (Lipinski definition) is 2. The van der Waals surface area contributed by atoms with E-state index in [1.165, 1.54) is 0 Å². The lowest BCUT2D eigenvalue weighted by Gasteiger charge is -2.20. The van der Waals surface area contributed by atoms with Crippen LogP contribution >= 0.6 is 0 Å². The molecule has 0 aliphatic heterocycles. The van der Waals surface area contributed by atoms with Crippen molar-refractivity contribution >= 4 is 5.91 Å². The van der Waals surface area contributed by atoms with Crippen LogP contribution in [0.2, 0.25) is 0 Å². The first-order valence-electron chi connectivity index (χ1n) is 6.47. The summed E-state index contributed by atoms with van der Waals surface area (Å²) >= 11 is 0. The van der Waals surface area contributed by atoms with Crippen LogP contribution in [0, 0.1) is 5.92 Å². The van der Waals surface area contributed by atoms with Gasteiger partial charge in [0.25, 0.3) is 0 Å². The predicted octanol–water partition coefficient (Wildman–Crippen LogP) is 1.73. The molecule has 3 rings (SSSR count). The molecular formula is C15H17NO2. The van der Waals surface area contributed by atoms with Gasteiger partial charge in [-0.05, 0) is 24.0 Å². The van der Waals surface area contributed by atoms with Gasteiger partial charge in [0.1, 0.15) is 0 Å². The zero-order valence-electron chi connectivity index (χ0n) is 10.2. The monoisotopic (exact) mass is 243 g/mol. The molecule has 3 nitrogen and oxygen atoms in total. The summed E-state index contributed by atoms with van der Waals surface area (Å²) in [5, 5.41) is 13.1. The molecule has 0 heterocycles. The van der Waals surface area contributed by atoms with E-state index in [0.29, 0.717) is 6.42 Å². The van der Waals surface area contributed by atoms with Gasteiger partial charge >= 0.3 is 0 Å². The Morgan fingerprint density at radius 1 is 1.22 bits per heavy atom. The lowest BCUT2D eigenvalue weighted by molar-refractivity contribution is -0.126. The highest BCUT2D eigenvalue weighted by atomic mass is 16.3. The third-order valence-electron chi connectivity index (χ3n) is 3.88. The molecule has 2 aliphatic rings. The Labute approximate surface area is 107 Å². The molecule has 0 bridgehead atoms. The van der Waals surface area contributed by atoms with Gasteiger partial charge in [0.05, 0.1) is 12.1 Å². The van der Waals surface area contributed by atoms with Crippen molar-refractivity contribution in [2.75, 3.05) is 0 Å². The highest BCUT2D eigenvalue weighted by molar-refractivity contribution is 5.80. The molecule has 3 heteroatoms. The first-order chi connectivity index (χ1) is 8.75. The van der Waals surface area contributed by atoms with E-state index in [4.69, 9.17) is 0 Å². The summed E-state index contributed by atoms with van der Waals surface area (Å²) in [6.07, 6.45) is 5.85. The molecule has 0 aromatic heterocycles. The number of benzene rings is 1. The zero-order valence-corrected chi connectivity index (χ0v) is 10.2. The maximum atomic E-state index is 12.1. The molecule has 0 fully saturated rings. The molecule has 2 atom stereocenters. The number of hydrogen-bond donors (Lipinski definition) is 2. The van der Waals surface area contributed by atoms with Gasteiger partial charge < -0.3 is 10.4 Å². The van der Waals surface area contributed by atoms with E-state index in [2.05, 4.69) is 5.32 Å². The average molecular weight is 243 g/mol. The van der Waals surface area contributed by atoms with Crippen LogP contribution in [0.15, 0.2) is 36.4 Å². The fourth-order valence-electron chi connectivity index (χ4n) is 2.85. The molecule has 94 valence electrons. The van der Waals surface area contributed by atoms with Crippen LogP contribution in [-0.4, -0.2) is 17.1 Å². The van der Waals surface area contributed by atoms with Crippen LogP contribution in [0.5, 0.6) is 0 Å². The van der Waals surface area contributed by atoms with Crippen molar-refractivity contribution in [1.29, 1.82) is 0 Å². The number of carbonyl (C=O) groups is 1. The smallest absolute Gasteiger partial charge is 0.224 e. The standard InChI is InChI=1S/C15H17NO2/c17-13-9-11-7-3-4-8-12(11)14(13)16-15(18)10-5-1-2-6-10/h1-4,7-8,10,13-14,17H,5-6,9H2,(H,16,18). The summed E-state index contributed by atoms with van der Waals surface area (Å²) in [4.78, 5) is 12.1. The third-order valence-corrected chi connectivity index (χ3v) is 3.88. The molecule has 0 radical (unpaired) electrons. The van der Waals surface area contributed by atoms with Crippen LogP contribution in [0.1, 0.15) is 30.0 Å². The summed E-state index contributed by atoms with van der Waals surface area (Å²) in [6, 6.07) is 7.68. The number of rotatable bonds is 2. The maximum Gasteiger partial charge on any atom is 0.224 e. The third kappa shape index (κ3) is 1.95. The second-order valence-electron chi connectivity index (χ2n) is 5.10. The SMILES string of the molecule is O=C(NC1c2ccccc2CC1O)C1CC=CC1. The van der Waals surface area contributed by atoms with E-state index in [0.717, 1.165) is 24.0 Å². The van der Waals surface area contributed by atoms with Crippen LogP contribution in [0.3, 0.4) is 0 Å². The summed E-state index contributed by atoms with van der Waals surface area (Å²) in [6.45, 7) is 0. The first kappa shape index (κ1) is 11.5. The van der Waals surface area contributed by atoms with Crippen molar-refractivity contribution in [3.05, 3.63) is 47.5 Å². The van der Waals surface area contributed by atoms with Gasteiger partial charge in [0, 0.05) is 12.3 Å². The fourth-order valence-corrected chi connectivity index (χ4v) is 2.85. The molecule has 2 aliphatic carbocycles. The molecule has 2 N–H and O–H groups in total. The van der Waals surface area contributed by atoms with Crippen molar-refractivity contribution in [1.82, 2.24) is 5.32 Å². The topological polar surface area (TPSA) is 49.3 Å². The van der Waals surface area contributed by atoms with E-state index in [1.54, 1.807) is 0 Å². The second kappa shape index (κ2) is 4.58.